The molecule has 170 valence electrons. The lowest BCUT2D eigenvalue weighted by atomic mass is 9.85. The van der Waals surface area contributed by atoms with Gasteiger partial charge in [-0.25, -0.2) is 9.86 Å². The van der Waals surface area contributed by atoms with Gasteiger partial charge < -0.3 is 10.1 Å². The van der Waals surface area contributed by atoms with E-state index in [1.54, 1.807) is 19.1 Å². The van der Waals surface area contributed by atoms with Crippen molar-refractivity contribution < 1.29 is 24.0 Å². The maximum atomic E-state index is 13.8. The zero-order valence-electron chi connectivity index (χ0n) is 18.7. The minimum absolute atomic E-state index is 0.0309. The number of hydroxylamine groups is 2. The van der Waals surface area contributed by atoms with Crippen LogP contribution < -0.4 is 5.32 Å². The maximum absolute atomic E-state index is 13.8. The molecule has 1 saturated heterocycles. The van der Waals surface area contributed by atoms with Gasteiger partial charge in [0, 0.05) is 6.42 Å². The molecule has 2 atom stereocenters. The van der Waals surface area contributed by atoms with E-state index in [1.807, 2.05) is 62.4 Å². The van der Waals surface area contributed by atoms with Gasteiger partial charge in [0.15, 0.2) is 0 Å². The van der Waals surface area contributed by atoms with Crippen LogP contribution in [0.5, 0.6) is 0 Å². The standard InChI is InChI=1S/C25H30N2O5/c1-4-31-24(30)25(16-19-11-7-5-8-12-19)23(29)27(21(15-18(2)3)22(28)26-25)32-17-20-13-9-6-10-14-20/h5-14,18,21H,4,15-17H2,1-3H3,(H,26,28). The fourth-order valence-electron chi connectivity index (χ4n) is 3.79. The van der Waals surface area contributed by atoms with E-state index in [0.29, 0.717) is 6.42 Å². The molecule has 2 unspecified atom stereocenters. The molecule has 0 saturated carbocycles. The molecule has 32 heavy (non-hydrogen) atoms. The number of nitrogens with one attached hydrogen (secondary N) is 1. The third kappa shape index (κ3) is 5.16. The molecule has 0 bridgehead atoms. The molecule has 3 rings (SSSR count). The van der Waals surface area contributed by atoms with Crippen LogP contribution in [0.15, 0.2) is 60.7 Å². The van der Waals surface area contributed by atoms with Crippen LogP contribution in [0.4, 0.5) is 0 Å². The Balaban J connectivity index is 1.98. The second-order valence-electron chi connectivity index (χ2n) is 8.31. The van der Waals surface area contributed by atoms with Crippen LogP contribution in [-0.2, 0) is 37.0 Å². The summed E-state index contributed by atoms with van der Waals surface area (Å²) in [5, 5.41) is 3.80. The number of rotatable bonds is 9. The van der Waals surface area contributed by atoms with Gasteiger partial charge in [-0.05, 0) is 30.4 Å². The molecule has 0 aromatic heterocycles. The number of ether oxygens (including phenoxy) is 1. The van der Waals surface area contributed by atoms with Crippen LogP contribution >= 0.6 is 0 Å². The highest BCUT2D eigenvalue weighted by atomic mass is 16.7. The smallest absolute Gasteiger partial charge is 0.342 e. The van der Waals surface area contributed by atoms with Crippen LogP contribution in [0.3, 0.4) is 0 Å². The Labute approximate surface area is 188 Å². The summed E-state index contributed by atoms with van der Waals surface area (Å²) in [6.07, 6.45) is 0.368. The summed E-state index contributed by atoms with van der Waals surface area (Å²) in [5.74, 6) is -1.72. The maximum Gasteiger partial charge on any atom is 0.342 e. The van der Waals surface area contributed by atoms with Crippen molar-refractivity contribution in [2.24, 2.45) is 5.92 Å². The van der Waals surface area contributed by atoms with Crippen molar-refractivity contribution in [1.82, 2.24) is 10.4 Å². The highest BCUT2D eigenvalue weighted by Crippen LogP contribution is 2.28. The summed E-state index contributed by atoms with van der Waals surface area (Å²) in [7, 11) is 0. The Morgan fingerprint density at radius 1 is 1.03 bits per heavy atom. The zero-order chi connectivity index (χ0) is 23.1. The number of carbonyl (C=O) groups is 3. The molecule has 7 nitrogen and oxygen atoms in total. The van der Waals surface area contributed by atoms with Gasteiger partial charge in [0.1, 0.15) is 12.6 Å². The van der Waals surface area contributed by atoms with Gasteiger partial charge in [0.25, 0.3) is 5.91 Å². The van der Waals surface area contributed by atoms with E-state index in [1.165, 1.54) is 0 Å². The number of hydrogen-bond donors (Lipinski definition) is 1. The second-order valence-corrected chi connectivity index (χ2v) is 8.31. The van der Waals surface area contributed by atoms with Crippen molar-refractivity contribution in [1.29, 1.82) is 0 Å². The van der Waals surface area contributed by atoms with Crippen molar-refractivity contribution in [3.8, 4) is 0 Å². The average Bonchev–Trinajstić information content (AvgIpc) is 2.78. The van der Waals surface area contributed by atoms with Crippen molar-refractivity contribution in [3.63, 3.8) is 0 Å². The van der Waals surface area contributed by atoms with Crippen LogP contribution in [0.1, 0.15) is 38.3 Å². The second kappa shape index (κ2) is 10.4. The molecule has 1 heterocycles. The summed E-state index contributed by atoms with van der Waals surface area (Å²) < 4.78 is 5.25. The van der Waals surface area contributed by atoms with Crippen molar-refractivity contribution in [2.75, 3.05) is 6.61 Å². The molecule has 7 heteroatoms. The molecule has 0 aliphatic carbocycles. The van der Waals surface area contributed by atoms with Gasteiger partial charge in [0.05, 0.1) is 6.61 Å². The Hall–Kier alpha value is -3.19. The number of esters is 1. The first-order valence-corrected chi connectivity index (χ1v) is 10.9. The van der Waals surface area contributed by atoms with Gasteiger partial charge in [-0.15, -0.1) is 0 Å². The van der Waals surface area contributed by atoms with Gasteiger partial charge in [-0.2, -0.15) is 0 Å². The monoisotopic (exact) mass is 438 g/mol. The average molecular weight is 439 g/mol. The Bertz CT molecular complexity index is 932. The molecule has 2 amide bonds. The van der Waals surface area contributed by atoms with Gasteiger partial charge in [0.2, 0.25) is 11.4 Å². The fraction of sp³-hybridized carbons (Fsp3) is 0.400. The molecule has 0 spiro atoms. The van der Waals surface area contributed by atoms with Crippen molar-refractivity contribution in [3.05, 3.63) is 71.8 Å². The first-order valence-electron chi connectivity index (χ1n) is 10.9. The number of benzene rings is 2. The number of carbonyl (C=O) groups excluding carboxylic acids is 3. The Kier molecular flexibility index (Phi) is 7.64. The summed E-state index contributed by atoms with van der Waals surface area (Å²) in [6, 6.07) is 17.6. The van der Waals surface area contributed by atoms with Gasteiger partial charge >= 0.3 is 5.97 Å². The van der Waals surface area contributed by atoms with E-state index in [9.17, 15) is 14.4 Å². The van der Waals surface area contributed by atoms with E-state index in [-0.39, 0.29) is 25.6 Å². The highest BCUT2D eigenvalue weighted by Gasteiger charge is 2.57. The van der Waals surface area contributed by atoms with Crippen LogP contribution in [0.25, 0.3) is 0 Å². The molecular weight excluding hydrogens is 408 g/mol. The molecule has 1 N–H and O–H groups in total. The fourth-order valence-corrected chi connectivity index (χ4v) is 3.79. The quantitative estimate of drug-likeness (QED) is 0.481. The van der Waals surface area contributed by atoms with E-state index in [0.717, 1.165) is 16.2 Å². The third-order valence-electron chi connectivity index (χ3n) is 5.33. The predicted molar refractivity (Wildman–Crippen MR) is 119 cm³/mol. The normalized spacial score (nSPS) is 20.9. The summed E-state index contributed by atoms with van der Waals surface area (Å²) in [4.78, 5) is 46.0. The van der Waals surface area contributed by atoms with E-state index < -0.39 is 29.4 Å². The number of amides is 2. The Morgan fingerprint density at radius 3 is 2.19 bits per heavy atom. The topological polar surface area (TPSA) is 84.9 Å². The first kappa shape index (κ1) is 23.5. The summed E-state index contributed by atoms with van der Waals surface area (Å²) >= 11 is 0. The lowest BCUT2D eigenvalue weighted by Crippen LogP contribution is -2.74. The highest BCUT2D eigenvalue weighted by molar-refractivity contribution is 6.13. The zero-order valence-corrected chi connectivity index (χ0v) is 18.7. The predicted octanol–water partition coefficient (Wildman–Crippen LogP) is 3.04. The molecular formula is C25H30N2O5. The largest absolute Gasteiger partial charge is 0.464 e. The minimum Gasteiger partial charge on any atom is -0.464 e. The molecule has 1 aliphatic rings. The van der Waals surface area contributed by atoms with Gasteiger partial charge in [-0.3, -0.25) is 14.4 Å². The summed E-state index contributed by atoms with van der Waals surface area (Å²) in [5.41, 5.74) is -0.322. The molecule has 1 aliphatic heterocycles. The molecule has 2 aromatic rings. The van der Waals surface area contributed by atoms with Gasteiger partial charge in [-0.1, -0.05) is 74.5 Å². The number of piperazine rings is 1. The van der Waals surface area contributed by atoms with Crippen LogP contribution in [-0.4, -0.2) is 41.0 Å². The van der Waals surface area contributed by atoms with E-state index >= 15 is 0 Å². The third-order valence-corrected chi connectivity index (χ3v) is 5.33. The molecule has 2 aromatic carbocycles. The molecule has 1 fully saturated rings. The Morgan fingerprint density at radius 2 is 1.62 bits per heavy atom. The number of nitrogens with zero attached hydrogens (tertiary/aromatic N) is 1. The van der Waals surface area contributed by atoms with E-state index in [4.69, 9.17) is 9.57 Å². The van der Waals surface area contributed by atoms with Crippen LogP contribution in [0.2, 0.25) is 0 Å². The van der Waals surface area contributed by atoms with Crippen LogP contribution in [0, 0.1) is 5.92 Å². The van der Waals surface area contributed by atoms with Crippen molar-refractivity contribution in [2.45, 2.75) is 51.8 Å². The summed E-state index contributed by atoms with van der Waals surface area (Å²) in [6.45, 7) is 5.76. The lowest BCUT2D eigenvalue weighted by molar-refractivity contribution is -0.224. The SMILES string of the molecule is CCOC(=O)C1(Cc2ccccc2)NC(=O)C(CC(C)C)N(OCc2ccccc2)C1=O. The number of hydrogen-bond acceptors (Lipinski definition) is 5. The minimum atomic E-state index is -1.89. The molecule has 0 radical (unpaired) electrons. The van der Waals surface area contributed by atoms with Crippen molar-refractivity contribution >= 4 is 17.8 Å². The van der Waals surface area contributed by atoms with E-state index in [2.05, 4.69) is 5.32 Å². The first-order chi connectivity index (χ1) is 15.4. The lowest BCUT2D eigenvalue weighted by Gasteiger charge is -2.43.